The molecule has 0 N–H and O–H groups in total. The van der Waals surface area contributed by atoms with E-state index in [0.717, 1.165) is 16.6 Å². The molecule has 1 aliphatic carbocycles. The highest BCUT2D eigenvalue weighted by atomic mass is 16.2. The molecule has 0 spiro atoms. The van der Waals surface area contributed by atoms with E-state index in [2.05, 4.69) is 21.1 Å². The molecule has 0 amide bonds. The maximum atomic E-state index is 13.4. The van der Waals surface area contributed by atoms with Crippen molar-refractivity contribution in [2.75, 3.05) is 27.7 Å². The fraction of sp³-hybridized carbons (Fsp3) is 0.250. The summed E-state index contributed by atoms with van der Waals surface area (Å²) in [4.78, 5) is 26.8. The van der Waals surface area contributed by atoms with E-state index in [1.807, 2.05) is 54.6 Å². The van der Waals surface area contributed by atoms with Crippen molar-refractivity contribution in [3.8, 4) is 0 Å². The van der Waals surface area contributed by atoms with Gasteiger partial charge in [0.25, 0.3) is 0 Å². The number of ketones is 2. The lowest BCUT2D eigenvalue weighted by Gasteiger charge is -2.31. The summed E-state index contributed by atoms with van der Waals surface area (Å²) in [5, 5.41) is 0. The number of benzene rings is 2. The average molecular weight is 360 g/mol. The van der Waals surface area contributed by atoms with Crippen LogP contribution in [0.5, 0.6) is 0 Å². The van der Waals surface area contributed by atoms with Crippen LogP contribution in [-0.4, -0.2) is 43.7 Å². The zero-order chi connectivity index (χ0) is 19.5. The lowest BCUT2D eigenvalue weighted by atomic mass is 9.69. The third-order valence-corrected chi connectivity index (χ3v) is 4.81. The Kier molecular flexibility index (Phi) is 5.24. The van der Waals surface area contributed by atoms with Crippen LogP contribution >= 0.6 is 0 Å². The summed E-state index contributed by atoms with van der Waals surface area (Å²) in [7, 11) is 6.38. The number of nitrogens with zero attached hydrogens (tertiary/aromatic N) is 1. The number of Topliss-reactive ketones (excluding diaryl/α,β-unsaturated/α-hetero) is 2. The minimum Gasteiger partial charge on any atom is -0.327 e. The molecule has 0 fully saturated rings. The lowest BCUT2D eigenvalue weighted by molar-refractivity contribution is -0.865. The van der Waals surface area contributed by atoms with Crippen LogP contribution in [-0.2, 0) is 0 Å². The first kappa shape index (κ1) is 19.0. The van der Waals surface area contributed by atoms with Gasteiger partial charge in [0, 0.05) is 16.7 Å². The van der Waals surface area contributed by atoms with E-state index in [1.54, 1.807) is 24.3 Å². The number of quaternary nitrogens is 1. The first-order valence-corrected chi connectivity index (χ1v) is 9.20. The zero-order valence-corrected chi connectivity index (χ0v) is 16.2. The van der Waals surface area contributed by atoms with Gasteiger partial charge in [-0.05, 0) is 6.42 Å². The molecule has 0 bridgehead atoms. The molecule has 0 saturated heterocycles. The predicted octanol–water partition coefficient (Wildman–Crippen LogP) is 4.33. The van der Waals surface area contributed by atoms with Gasteiger partial charge in [-0.2, -0.15) is 0 Å². The monoisotopic (exact) mass is 360 g/mol. The van der Waals surface area contributed by atoms with E-state index < -0.39 is 5.41 Å². The number of carbonyl (C=O) groups excluding carboxylic acids is 2. The Morgan fingerprint density at radius 1 is 0.852 bits per heavy atom. The van der Waals surface area contributed by atoms with Gasteiger partial charge in [0.2, 0.25) is 0 Å². The van der Waals surface area contributed by atoms with Crippen LogP contribution in [0, 0.1) is 5.41 Å². The van der Waals surface area contributed by atoms with Crippen molar-refractivity contribution in [3.05, 3.63) is 95.6 Å². The van der Waals surface area contributed by atoms with E-state index in [9.17, 15) is 9.59 Å². The second kappa shape index (κ2) is 7.45. The Bertz CT molecular complexity index is 835. The van der Waals surface area contributed by atoms with E-state index in [1.165, 1.54) is 0 Å². The standard InChI is InChI=1S/C24H26NO2/c1-25(2,3)18-19-14-16-24(17-15-19,22(26)20-10-6-4-7-11-20)23(27)21-12-8-5-9-13-21/h4-16H,17-18H2,1-3H3/q+1. The van der Waals surface area contributed by atoms with Crippen LogP contribution in [0.25, 0.3) is 0 Å². The summed E-state index contributed by atoms with van der Waals surface area (Å²) in [6, 6.07) is 18.2. The Labute approximate surface area is 161 Å². The van der Waals surface area contributed by atoms with Crippen LogP contribution in [0.15, 0.2) is 84.5 Å². The molecule has 1 aliphatic rings. The molecule has 0 aliphatic heterocycles. The molecule has 138 valence electrons. The van der Waals surface area contributed by atoms with Gasteiger partial charge < -0.3 is 4.48 Å². The number of allylic oxidation sites excluding steroid dienone is 2. The quantitative estimate of drug-likeness (QED) is 0.436. The molecule has 0 atom stereocenters. The molecule has 3 rings (SSSR count). The van der Waals surface area contributed by atoms with Crippen molar-refractivity contribution in [2.45, 2.75) is 6.42 Å². The Morgan fingerprint density at radius 2 is 1.33 bits per heavy atom. The minimum atomic E-state index is -1.18. The molecular weight excluding hydrogens is 334 g/mol. The van der Waals surface area contributed by atoms with Gasteiger partial charge in [-0.25, -0.2) is 0 Å². The smallest absolute Gasteiger partial charge is 0.180 e. The number of hydrogen-bond donors (Lipinski definition) is 0. The highest BCUT2D eigenvalue weighted by Crippen LogP contribution is 2.37. The highest BCUT2D eigenvalue weighted by molar-refractivity contribution is 6.21. The van der Waals surface area contributed by atoms with Crippen molar-refractivity contribution >= 4 is 11.6 Å². The molecule has 0 saturated carbocycles. The summed E-state index contributed by atoms with van der Waals surface area (Å²) in [6.07, 6.45) is 6.21. The van der Waals surface area contributed by atoms with Crippen LogP contribution in [0.2, 0.25) is 0 Å². The fourth-order valence-electron chi connectivity index (χ4n) is 3.48. The van der Waals surface area contributed by atoms with E-state index in [-0.39, 0.29) is 11.6 Å². The van der Waals surface area contributed by atoms with Crippen molar-refractivity contribution in [1.29, 1.82) is 0 Å². The first-order chi connectivity index (χ1) is 12.8. The Morgan fingerprint density at radius 3 is 1.70 bits per heavy atom. The molecule has 3 nitrogen and oxygen atoms in total. The van der Waals surface area contributed by atoms with Gasteiger partial charge in [-0.15, -0.1) is 0 Å². The molecule has 27 heavy (non-hydrogen) atoms. The average Bonchev–Trinajstić information content (AvgIpc) is 2.68. The third-order valence-electron chi connectivity index (χ3n) is 4.81. The second-order valence-electron chi connectivity index (χ2n) is 8.13. The normalized spacial score (nSPS) is 15.9. The third kappa shape index (κ3) is 4.15. The molecule has 2 aromatic carbocycles. The van der Waals surface area contributed by atoms with E-state index in [0.29, 0.717) is 17.5 Å². The summed E-state index contributed by atoms with van der Waals surface area (Å²) >= 11 is 0. The maximum absolute atomic E-state index is 13.4. The van der Waals surface area contributed by atoms with Gasteiger partial charge in [-0.1, -0.05) is 78.9 Å². The highest BCUT2D eigenvalue weighted by Gasteiger charge is 2.44. The van der Waals surface area contributed by atoms with Crippen LogP contribution in [0.1, 0.15) is 27.1 Å². The Balaban J connectivity index is 2.00. The lowest BCUT2D eigenvalue weighted by Crippen LogP contribution is -2.40. The molecule has 0 radical (unpaired) electrons. The second-order valence-corrected chi connectivity index (χ2v) is 8.13. The number of carbonyl (C=O) groups is 2. The zero-order valence-electron chi connectivity index (χ0n) is 16.2. The first-order valence-electron chi connectivity index (χ1n) is 9.20. The fourth-order valence-corrected chi connectivity index (χ4v) is 3.48. The van der Waals surface area contributed by atoms with E-state index >= 15 is 0 Å². The minimum absolute atomic E-state index is 0.145. The van der Waals surface area contributed by atoms with Crippen LogP contribution in [0.4, 0.5) is 0 Å². The van der Waals surface area contributed by atoms with Gasteiger partial charge >= 0.3 is 0 Å². The molecular formula is C24H26NO2+. The SMILES string of the molecule is C[N+](C)(C)CC1=CCC(C(=O)c2ccccc2)(C(=O)c2ccccc2)C=C1. The van der Waals surface area contributed by atoms with Gasteiger partial charge in [0.15, 0.2) is 11.6 Å². The largest absolute Gasteiger partial charge is 0.327 e. The number of likely N-dealkylation sites (N-methyl/N-ethyl adjacent to an activating group) is 1. The topological polar surface area (TPSA) is 34.1 Å². The van der Waals surface area contributed by atoms with Gasteiger partial charge in [0.05, 0.1) is 21.1 Å². The molecule has 2 aromatic rings. The summed E-state index contributed by atoms with van der Waals surface area (Å²) in [5.41, 5.74) is 1.10. The summed E-state index contributed by atoms with van der Waals surface area (Å²) < 4.78 is 0.794. The van der Waals surface area contributed by atoms with Crippen molar-refractivity contribution in [2.24, 2.45) is 5.41 Å². The molecule has 0 unspecified atom stereocenters. The predicted molar refractivity (Wildman–Crippen MR) is 109 cm³/mol. The van der Waals surface area contributed by atoms with E-state index in [4.69, 9.17) is 0 Å². The van der Waals surface area contributed by atoms with Gasteiger partial charge in [0.1, 0.15) is 12.0 Å². The van der Waals surface area contributed by atoms with Crippen molar-refractivity contribution < 1.29 is 14.1 Å². The molecule has 0 aromatic heterocycles. The maximum Gasteiger partial charge on any atom is 0.180 e. The van der Waals surface area contributed by atoms with Crippen LogP contribution < -0.4 is 0 Å². The molecule has 3 heteroatoms. The Hall–Kier alpha value is -2.78. The van der Waals surface area contributed by atoms with Gasteiger partial charge in [-0.3, -0.25) is 9.59 Å². The van der Waals surface area contributed by atoms with Crippen LogP contribution in [0.3, 0.4) is 0 Å². The number of hydrogen-bond acceptors (Lipinski definition) is 2. The summed E-state index contributed by atoms with van der Waals surface area (Å²) in [6.45, 7) is 0.853. The molecule has 0 heterocycles. The van der Waals surface area contributed by atoms with Crippen molar-refractivity contribution in [3.63, 3.8) is 0 Å². The summed E-state index contributed by atoms with van der Waals surface area (Å²) in [5.74, 6) is -0.289. The number of rotatable bonds is 6. The van der Waals surface area contributed by atoms with Crippen molar-refractivity contribution in [1.82, 2.24) is 0 Å².